The van der Waals surface area contributed by atoms with Crippen LogP contribution in [0.3, 0.4) is 0 Å². The van der Waals surface area contributed by atoms with E-state index < -0.39 is 0 Å². The Morgan fingerprint density at radius 2 is 2.24 bits per heavy atom. The summed E-state index contributed by atoms with van der Waals surface area (Å²) in [6, 6.07) is 3.48. The molecule has 0 aliphatic heterocycles. The summed E-state index contributed by atoms with van der Waals surface area (Å²) in [5.74, 6) is -0.184. The number of aromatic hydroxyl groups is 1. The summed E-state index contributed by atoms with van der Waals surface area (Å²) < 4.78 is 5.90. The Balaban J connectivity index is 2.68. The van der Waals surface area contributed by atoms with Gasteiger partial charge in [-0.15, -0.1) is 0 Å². The molecule has 0 saturated carbocycles. The maximum atomic E-state index is 10.8. The number of nitrogens with zero attached hydrogens (tertiary/aromatic N) is 1. The molecule has 92 valence electrons. The van der Waals surface area contributed by atoms with E-state index in [1.165, 1.54) is 13.3 Å². The zero-order valence-electron chi connectivity index (χ0n) is 9.11. The molecule has 1 rings (SSSR count). The van der Waals surface area contributed by atoms with Gasteiger partial charge in [-0.1, -0.05) is 15.9 Å². The van der Waals surface area contributed by atoms with Crippen molar-refractivity contribution in [2.75, 3.05) is 13.7 Å². The minimum Gasteiger partial charge on any atom is -0.506 e. The second-order valence-corrected chi connectivity index (χ2v) is 4.96. The lowest BCUT2D eigenvalue weighted by Crippen LogP contribution is -2.01. The minimum atomic E-state index is -0.304. The summed E-state index contributed by atoms with van der Waals surface area (Å²) in [6.07, 6.45) is 1.75. The monoisotopic (exact) mass is 363 g/mol. The van der Waals surface area contributed by atoms with Crippen LogP contribution in [0.5, 0.6) is 5.75 Å². The van der Waals surface area contributed by atoms with Crippen molar-refractivity contribution < 1.29 is 14.6 Å². The number of phenols is 1. The summed E-state index contributed by atoms with van der Waals surface area (Å²) in [5.41, 5.74) is 0.580. The van der Waals surface area contributed by atoms with E-state index in [0.29, 0.717) is 16.6 Å². The van der Waals surface area contributed by atoms with Gasteiger partial charge in [0, 0.05) is 22.8 Å². The number of halogens is 2. The number of carbonyl (C=O) groups is 1. The van der Waals surface area contributed by atoms with Gasteiger partial charge in [-0.2, -0.15) is 0 Å². The van der Waals surface area contributed by atoms with E-state index in [9.17, 15) is 9.90 Å². The highest BCUT2D eigenvalue weighted by atomic mass is 79.9. The van der Waals surface area contributed by atoms with Crippen LogP contribution in [0.25, 0.3) is 0 Å². The fraction of sp³-hybridized carbons (Fsp3) is 0.273. The second-order valence-electron chi connectivity index (χ2n) is 3.19. The lowest BCUT2D eigenvalue weighted by Gasteiger charge is -2.02. The molecule has 0 aliphatic carbocycles. The van der Waals surface area contributed by atoms with Crippen molar-refractivity contribution in [1.82, 2.24) is 0 Å². The lowest BCUT2D eigenvalue weighted by molar-refractivity contribution is -0.140. The topological polar surface area (TPSA) is 58.9 Å². The Bertz CT molecular complexity index is 447. The van der Waals surface area contributed by atoms with Crippen LogP contribution in [0.4, 0.5) is 0 Å². The zero-order chi connectivity index (χ0) is 12.8. The van der Waals surface area contributed by atoms with Crippen molar-refractivity contribution >= 4 is 44.0 Å². The number of methoxy groups -OCH3 is 1. The van der Waals surface area contributed by atoms with Crippen LogP contribution in [-0.2, 0) is 9.53 Å². The highest BCUT2D eigenvalue weighted by Crippen LogP contribution is 2.30. The van der Waals surface area contributed by atoms with Crippen molar-refractivity contribution in [3.63, 3.8) is 0 Å². The number of benzene rings is 1. The number of aliphatic imine (C=N–C) groups is 1. The van der Waals surface area contributed by atoms with Gasteiger partial charge in [0.05, 0.1) is 18.0 Å². The van der Waals surface area contributed by atoms with E-state index in [4.69, 9.17) is 0 Å². The molecule has 0 spiro atoms. The molecule has 0 aliphatic rings. The van der Waals surface area contributed by atoms with Gasteiger partial charge in [-0.25, -0.2) is 0 Å². The van der Waals surface area contributed by atoms with Gasteiger partial charge in [-0.3, -0.25) is 9.79 Å². The van der Waals surface area contributed by atoms with Crippen molar-refractivity contribution in [3.05, 3.63) is 26.6 Å². The normalized spacial score (nSPS) is 10.8. The number of hydrogen-bond acceptors (Lipinski definition) is 4. The molecule has 0 amide bonds. The first-order valence-electron chi connectivity index (χ1n) is 4.79. The molecule has 0 aromatic heterocycles. The molecule has 0 unspecified atom stereocenters. The molecule has 4 nitrogen and oxygen atoms in total. The van der Waals surface area contributed by atoms with Crippen LogP contribution in [0.1, 0.15) is 12.0 Å². The molecular formula is C11H11Br2NO3. The van der Waals surface area contributed by atoms with Gasteiger partial charge in [0.15, 0.2) is 0 Å². The molecule has 1 aromatic rings. The Morgan fingerprint density at radius 1 is 1.53 bits per heavy atom. The van der Waals surface area contributed by atoms with Gasteiger partial charge in [0.1, 0.15) is 5.75 Å². The first kappa shape index (κ1) is 14.2. The van der Waals surface area contributed by atoms with Crippen LogP contribution in [-0.4, -0.2) is 30.9 Å². The highest BCUT2D eigenvalue weighted by molar-refractivity contribution is 9.11. The summed E-state index contributed by atoms with van der Waals surface area (Å²) in [4.78, 5) is 14.9. The molecule has 17 heavy (non-hydrogen) atoms. The zero-order valence-corrected chi connectivity index (χ0v) is 12.3. The Kier molecular flexibility index (Phi) is 5.64. The van der Waals surface area contributed by atoms with Crippen molar-refractivity contribution in [2.45, 2.75) is 6.42 Å². The van der Waals surface area contributed by atoms with Crippen molar-refractivity contribution in [1.29, 1.82) is 0 Å². The Hall–Kier alpha value is -0.880. The summed E-state index contributed by atoms with van der Waals surface area (Å²) in [6.45, 7) is 0.330. The number of carbonyl (C=O) groups excluding carboxylic acids is 1. The average molecular weight is 365 g/mol. The van der Waals surface area contributed by atoms with Crippen LogP contribution in [0.2, 0.25) is 0 Å². The van der Waals surface area contributed by atoms with Crippen LogP contribution in [0, 0.1) is 0 Å². The van der Waals surface area contributed by atoms with Crippen molar-refractivity contribution in [2.24, 2.45) is 4.99 Å². The van der Waals surface area contributed by atoms with E-state index >= 15 is 0 Å². The number of rotatable bonds is 4. The summed E-state index contributed by atoms with van der Waals surface area (Å²) in [7, 11) is 1.34. The number of phenolic OH excluding ortho intramolecular Hbond substituents is 1. The Labute approximate surface area is 116 Å². The summed E-state index contributed by atoms with van der Waals surface area (Å²) >= 11 is 6.54. The number of esters is 1. The van der Waals surface area contributed by atoms with Crippen molar-refractivity contribution in [3.8, 4) is 5.75 Å². The molecule has 0 saturated heterocycles. The SMILES string of the molecule is COC(=O)CCN=Cc1cc(Br)cc(Br)c1O. The van der Waals surface area contributed by atoms with E-state index in [1.54, 1.807) is 12.1 Å². The Morgan fingerprint density at radius 3 is 2.88 bits per heavy atom. The summed E-state index contributed by atoms with van der Waals surface area (Å²) in [5, 5.41) is 9.73. The predicted octanol–water partition coefficient (Wildman–Crippen LogP) is 2.90. The molecule has 0 atom stereocenters. The fourth-order valence-electron chi connectivity index (χ4n) is 1.11. The third kappa shape index (κ3) is 4.47. The largest absolute Gasteiger partial charge is 0.506 e. The molecule has 0 radical (unpaired) electrons. The standard InChI is InChI=1S/C11H11Br2NO3/c1-17-10(15)2-3-14-6-7-4-8(12)5-9(13)11(7)16/h4-6,16H,2-3H2,1H3. The molecular weight excluding hydrogens is 354 g/mol. The highest BCUT2D eigenvalue weighted by Gasteiger charge is 2.05. The van der Waals surface area contributed by atoms with E-state index in [-0.39, 0.29) is 18.1 Å². The first-order valence-corrected chi connectivity index (χ1v) is 6.38. The second kappa shape index (κ2) is 6.76. The molecule has 6 heteroatoms. The minimum absolute atomic E-state index is 0.120. The smallest absolute Gasteiger partial charge is 0.307 e. The predicted molar refractivity (Wildman–Crippen MR) is 72.6 cm³/mol. The third-order valence-electron chi connectivity index (χ3n) is 1.96. The average Bonchev–Trinajstić information content (AvgIpc) is 2.30. The molecule has 0 fully saturated rings. The van der Waals surface area contributed by atoms with E-state index in [0.717, 1.165) is 4.47 Å². The van der Waals surface area contributed by atoms with Gasteiger partial charge >= 0.3 is 5.97 Å². The van der Waals surface area contributed by atoms with Gasteiger partial charge < -0.3 is 9.84 Å². The maximum absolute atomic E-state index is 10.8. The van der Waals surface area contributed by atoms with E-state index in [2.05, 4.69) is 41.6 Å². The van der Waals surface area contributed by atoms with Gasteiger partial charge in [0.2, 0.25) is 0 Å². The quantitative estimate of drug-likeness (QED) is 0.660. The lowest BCUT2D eigenvalue weighted by atomic mass is 10.2. The number of hydrogen-bond donors (Lipinski definition) is 1. The molecule has 1 N–H and O–H groups in total. The third-order valence-corrected chi connectivity index (χ3v) is 3.02. The van der Waals surface area contributed by atoms with Crippen LogP contribution in [0.15, 0.2) is 26.1 Å². The van der Waals surface area contributed by atoms with Gasteiger partial charge in [0.25, 0.3) is 0 Å². The molecule has 0 bridgehead atoms. The molecule has 1 aromatic carbocycles. The van der Waals surface area contributed by atoms with Crippen LogP contribution >= 0.6 is 31.9 Å². The first-order chi connectivity index (χ1) is 8.04. The number of ether oxygens (including phenoxy) is 1. The molecule has 0 heterocycles. The fourth-order valence-corrected chi connectivity index (χ4v) is 2.36. The maximum Gasteiger partial charge on any atom is 0.307 e. The van der Waals surface area contributed by atoms with E-state index in [1.807, 2.05) is 0 Å². The van der Waals surface area contributed by atoms with Gasteiger partial charge in [-0.05, 0) is 28.1 Å². The van der Waals surface area contributed by atoms with Crippen LogP contribution < -0.4 is 0 Å².